The number of fused-ring (bicyclic) bond motifs is 6. The molecule has 0 radical (unpaired) electrons. The molecule has 27 heavy (non-hydrogen) atoms. The molecule has 3 aliphatic heterocycles. The molecule has 2 bridgehead atoms. The highest BCUT2D eigenvalue weighted by molar-refractivity contribution is 14.0. The molecule has 4 heterocycles. The van der Waals surface area contributed by atoms with Crippen molar-refractivity contribution in [2.45, 2.75) is 38.5 Å². The average molecular weight is 478 g/mol. The van der Waals surface area contributed by atoms with Gasteiger partial charge in [0.05, 0.1) is 24.3 Å². The topological polar surface area (TPSA) is 49.8 Å². The smallest absolute Gasteiger partial charge is 0.194 e. The van der Waals surface area contributed by atoms with E-state index in [1.807, 2.05) is 12.3 Å². The molecule has 1 aromatic carbocycles. The Morgan fingerprint density at radius 3 is 2.67 bits per heavy atom. The molecule has 3 fully saturated rings. The van der Waals surface area contributed by atoms with Crippen LogP contribution in [0.4, 0.5) is 0 Å². The van der Waals surface area contributed by atoms with Crippen LogP contribution in [0.25, 0.3) is 10.9 Å². The van der Waals surface area contributed by atoms with Crippen LogP contribution in [-0.2, 0) is 11.3 Å². The zero-order chi connectivity index (χ0) is 17.5. The van der Waals surface area contributed by atoms with E-state index in [9.17, 15) is 0 Å². The second kappa shape index (κ2) is 7.91. The number of aliphatic imine (C=N–C) groups is 1. The Kier molecular flexibility index (Phi) is 5.55. The second-order valence-corrected chi connectivity index (χ2v) is 7.69. The van der Waals surface area contributed by atoms with Gasteiger partial charge in [-0.25, -0.2) is 4.99 Å². The first-order chi connectivity index (χ1) is 12.8. The number of nitrogens with zero attached hydrogens (tertiary/aromatic N) is 3. The van der Waals surface area contributed by atoms with E-state index < -0.39 is 0 Å². The van der Waals surface area contributed by atoms with Crippen molar-refractivity contribution < 1.29 is 4.74 Å². The first-order valence-electron chi connectivity index (χ1n) is 9.85. The summed E-state index contributed by atoms with van der Waals surface area (Å²) in [5.74, 6) is 2.42. The van der Waals surface area contributed by atoms with Gasteiger partial charge in [0.15, 0.2) is 5.96 Å². The number of benzene rings is 1. The lowest BCUT2D eigenvalue weighted by Crippen LogP contribution is -2.41. The number of nitrogens with one attached hydrogen (secondary N) is 1. The molecule has 2 aromatic rings. The quantitative estimate of drug-likeness (QED) is 0.418. The fourth-order valence-electron chi connectivity index (χ4n) is 5.01. The standard InChI is InChI=1S/C21H26N4O.HI/c1-2-22-21(25-12-16-17(13-25)19-9-8-18(16)26-19)24-11-15-6-3-5-14-7-4-10-23-20(14)15;/h3-7,10,16-19H,2,8-9,11-13H2,1H3,(H,22,24);1H. The molecule has 6 heteroatoms. The van der Waals surface area contributed by atoms with Crippen molar-refractivity contribution in [2.75, 3.05) is 19.6 Å². The van der Waals surface area contributed by atoms with Gasteiger partial charge >= 0.3 is 0 Å². The maximum absolute atomic E-state index is 6.11. The van der Waals surface area contributed by atoms with Crippen LogP contribution in [0.1, 0.15) is 25.3 Å². The number of hydrogen-bond acceptors (Lipinski definition) is 3. The summed E-state index contributed by atoms with van der Waals surface area (Å²) >= 11 is 0. The van der Waals surface area contributed by atoms with Gasteiger partial charge in [-0.15, -0.1) is 24.0 Å². The Bertz CT molecular complexity index is 819. The lowest BCUT2D eigenvalue weighted by molar-refractivity contribution is 0.0767. The minimum absolute atomic E-state index is 0. The molecule has 3 aliphatic rings. The predicted octanol–water partition coefficient (Wildman–Crippen LogP) is 3.43. The Morgan fingerprint density at radius 1 is 1.19 bits per heavy atom. The normalized spacial score (nSPS) is 29.1. The van der Waals surface area contributed by atoms with E-state index >= 15 is 0 Å². The molecular formula is C21H27IN4O. The van der Waals surface area contributed by atoms with E-state index in [1.165, 1.54) is 23.8 Å². The third-order valence-corrected chi connectivity index (χ3v) is 6.20. The van der Waals surface area contributed by atoms with Gasteiger partial charge in [-0.1, -0.05) is 24.3 Å². The molecule has 0 spiro atoms. The van der Waals surface area contributed by atoms with E-state index in [-0.39, 0.29) is 24.0 Å². The zero-order valence-corrected chi connectivity index (χ0v) is 18.0. The molecule has 0 saturated carbocycles. The van der Waals surface area contributed by atoms with Crippen LogP contribution in [0.5, 0.6) is 0 Å². The van der Waals surface area contributed by atoms with Gasteiger partial charge in [0.2, 0.25) is 0 Å². The summed E-state index contributed by atoms with van der Waals surface area (Å²) in [5, 5.41) is 4.67. The largest absolute Gasteiger partial charge is 0.374 e. The highest BCUT2D eigenvalue weighted by Crippen LogP contribution is 2.47. The van der Waals surface area contributed by atoms with Crippen molar-refractivity contribution in [1.29, 1.82) is 0 Å². The fraction of sp³-hybridized carbons (Fsp3) is 0.524. The van der Waals surface area contributed by atoms with E-state index in [4.69, 9.17) is 9.73 Å². The fourth-order valence-corrected chi connectivity index (χ4v) is 5.01. The van der Waals surface area contributed by atoms with E-state index in [2.05, 4.69) is 46.4 Å². The number of pyridine rings is 1. The van der Waals surface area contributed by atoms with Crippen molar-refractivity contribution in [3.8, 4) is 0 Å². The number of rotatable bonds is 3. The summed E-state index contributed by atoms with van der Waals surface area (Å²) in [6.07, 6.45) is 5.32. The maximum Gasteiger partial charge on any atom is 0.194 e. The number of ether oxygens (including phenoxy) is 1. The van der Waals surface area contributed by atoms with E-state index in [0.29, 0.717) is 30.6 Å². The summed E-state index contributed by atoms with van der Waals surface area (Å²) in [6.45, 7) is 5.84. The van der Waals surface area contributed by atoms with Crippen molar-refractivity contribution in [1.82, 2.24) is 15.2 Å². The Labute approximate surface area is 177 Å². The first kappa shape index (κ1) is 18.9. The van der Waals surface area contributed by atoms with Gasteiger partial charge in [0.25, 0.3) is 0 Å². The van der Waals surface area contributed by atoms with Crippen LogP contribution in [0.3, 0.4) is 0 Å². The highest BCUT2D eigenvalue weighted by Gasteiger charge is 2.53. The molecule has 144 valence electrons. The maximum atomic E-state index is 6.11. The minimum Gasteiger partial charge on any atom is -0.374 e. The number of hydrogen-bond donors (Lipinski definition) is 1. The van der Waals surface area contributed by atoms with Crippen LogP contribution in [0, 0.1) is 11.8 Å². The summed E-state index contributed by atoms with van der Waals surface area (Å²) in [4.78, 5) is 12.0. The first-order valence-corrected chi connectivity index (χ1v) is 9.85. The third kappa shape index (κ3) is 3.42. The SMILES string of the molecule is CCNC(=NCc1cccc2cccnc12)N1CC2C3CCC(O3)C2C1.I. The molecule has 0 aliphatic carbocycles. The molecule has 1 N–H and O–H groups in total. The third-order valence-electron chi connectivity index (χ3n) is 6.20. The van der Waals surface area contributed by atoms with Gasteiger partial charge in [-0.3, -0.25) is 4.98 Å². The summed E-state index contributed by atoms with van der Waals surface area (Å²) < 4.78 is 6.11. The number of aromatic nitrogens is 1. The highest BCUT2D eigenvalue weighted by atomic mass is 127. The lowest BCUT2D eigenvalue weighted by Gasteiger charge is -2.23. The van der Waals surface area contributed by atoms with Gasteiger partial charge in [0, 0.05) is 43.1 Å². The molecule has 0 amide bonds. The predicted molar refractivity (Wildman–Crippen MR) is 118 cm³/mol. The number of likely N-dealkylation sites (tertiary alicyclic amines) is 1. The monoisotopic (exact) mass is 478 g/mol. The van der Waals surface area contributed by atoms with Gasteiger partial charge in [0.1, 0.15) is 0 Å². The van der Waals surface area contributed by atoms with E-state index in [0.717, 1.165) is 31.1 Å². The van der Waals surface area contributed by atoms with Gasteiger partial charge < -0.3 is 15.0 Å². The van der Waals surface area contributed by atoms with Gasteiger partial charge in [-0.05, 0) is 31.4 Å². The summed E-state index contributed by atoms with van der Waals surface area (Å²) in [7, 11) is 0. The molecule has 3 saturated heterocycles. The lowest BCUT2D eigenvalue weighted by atomic mass is 9.82. The van der Waals surface area contributed by atoms with Crippen LogP contribution < -0.4 is 5.32 Å². The van der Waals surface area contributed by atoms with Crippen LogP contribution >= 0.6 is 24.0 Å². The van der Waals surface area contributed by atoms with Crippen molar-refractivity contribution in [2.24, 2.45) is 16.8 Å². The Hall–Kier alpha value is -1.41. The number of guanidine groups is 1. The summed E-state index contributed by atoms with van der Waals surface area (Å²) in [6, 6.07) is 10.4. The molecule has 5 nitrogen and oxygen atoms in total. The number of halogens is 1. The van der Waals surface area contributed by atoms with Crippen molar-refractivity contribution in [3.05, 3.63) is 42.1 Å². The number of para-hydroxylation sites is 1. The van der Waals surface area contributed by atoms with E-state index in [1.54, 1.807) is 0 Å². The van der Waals surface area contributed by atoms with Crippen molar-refractivity contribution in [3.63, 3.8) is 0 Å². The second-order valence-electron chi connectivity index (χ2n) is 7.69. The molecule has 5 rings (SSSR count). The average Bonchev–Trinajstić information content (AvgIpc) is 3.38. The van der Waals surface area contributed by atoms with Crippen LogP contribution in [-0.4, -0.2) is 47.7 Å². The summed E-state index contributed by atoms with van der Waals surface area (Å²) in [5.41, 5.74) is 2.24. The Balaban J connectivity index is 0.00000180. The molecular weight excluding hydrogens is 451 g/mol. The minimum atomic E-state index is 0. The molecule has 4 unspecified atom stereocenters. The van der Waals surface area contributed by atoms with Crippen LogP contribution in [0.15, 0.2) is 41.5 Å². The van der Waals surface area contributed by atoms with Crippen LogP contribution in [0.2, 0.25) is 0 Å². The molecule has 4 atom stereocenters. The Morgan fingerprint density at radius 2 is 1.93 bits per heavy atom. The molecule has 1 aromatic heterocycles. The van der Waals surface area contributed by atoms with Gasteiger partial charge in [-0.2, -0.15) is 0 Å². The van der Waals surface area contributed by atoms with Crippen molar-refractivity contribution >= 4 is 40.8 Å². The zero-order valence-electron chi connectivity index (χ0n) is 15.7.